The van der Waals surface area contributed by atoms with Gasteiger partial charge in [-0.15, -0.1) is 11.3 Å². The Bertz CT molecular complexity index is 1550. The molecule has 2 aromatic heterocycles. The number of aromatic nitrogens is 1. The Labute approximate surface area is 242 Å². The minimum atomic E-state index is -0.345. The van der Waals surface area contributed by atoms with Gasteiger partial charge < -0.3 is 32.2 Å². The molecule has 2 aromatic carbocycles. The molecule has 5 rings (SSSR count). The summed E-state index contributed by atoms with van der Waals surface area (Å²) in [6.07, 6.45) is 4.99. The van der Waals surface area contributed by atoms with Crippen LogP contribution in [0.25, 0.3) is 27.3 Å². The number of urea groups is 1. The molecular formula is C30H33N7O3S. The summed E-state index contributed by atoms with van der Waals surface area (Å²) < 4.78 is 6.31. The van der Waals surface area contributed by atoms with Gasteiger partial charge in [-0.3, -0.25) is 9.69 Å². The Morgan fingerprint density at radius 1 is 1.07 bits per heavy atom. The number of morpholine rings is 1. The first kappa shape index (κ1) is 28.2. The van der Waals surface area contributed by atoms with Gasteiger partial charge in [-0.1, -0.05) is 24.3 Å². The Morgan fingerprint density at radius 2 is 1.85 bits per heavy atom. The SMILES string of the molecule is NCc1cccc(NC(=O)Nc2ccc(-c3csc4c(C=CC(=O)NCCN5CCOCC5)cnc(N)c34)cc2)c1. The third-order valence-electron chi connectivity index (χ3n) is 6.77. The summed E-state index contributed by atoms with van der Waals surface area (Å²) >= 11 is 1.55. The number of carbonyl (C=O) groups is 2. The molecule has 1 aliphatic rings. The number of amides is 3. The van der Waals surface area contributed by atoms with Crippen molar-refractivity contribution in [3.63, 3.8) is 0 Å². The third-order valence-corrected chi connectivity index (χ3v) is 7.80. The molecule has 0 bridgehead atoms. The highest BCUT2D eigenvalue weighted by Gasteiger charge is 2.14. The summed E-state index contributed by atoms with van der Waals surface area (Å²) in [5.74, 6) is 0.267. The van der Waals surface area contributed by atoms with E-state index in [-0.39, 0.29) is 11.9 Å². The summed E-state index contributed by atoms with van der Waals surface area (Å²) in [4.78, 5) is 31.5. The lowest BCUT2D eigenvalue weighted by molar-refractivity contribution is -0.116. The highest BCUT2D eigenvalue weighted by Crippen LogP contribution is 2.39. The average Bonchev–Trinajstić information content (AvgIpc) is 3.44. The quantitative estimate of drug-likeness (QED) is 0.190. The van der Waals surface area contributed by atoms with E-state index in [1.165, 1.54) is 6.08 Å². The van der Waals surface area contributed by atoms with Gasteiger partial charge in [-0.25, -0.2) is 9.78 Å². The number of hydrogen-bond donors (Lipinski definition) is 5. The number of ether oxygens (including phenoxy) is 1. The summed E-state index contributed by atoms with van der Waals surface area (Å²) in [6.45, 7) is 5.03. The molecule has 3 heterocycles. The predicted molar refractivity (Wildman–Crippen MR) is 166 cm³/mol. The first-order valence-electron chi connectivity index (χ1n) is 13.4. The Balaban J connectivity index is 1.23. The molecule has 0 radical (unpaired) electrons. The predicted octanol–water partition coefficient (Wildman–Crippen LogP) is 4.11. The number of nitrogens with two attached hydrogens (primary N) is 2. The third kappa shape index (κ3) is 7.27. The van der Waals surface area contributed by atoms with Crippen molar-refractivity contribution in [3.05, 3.63) is 77.3 Å². The van der Waals surface area contributed by atoms with Crippen molar-refractivity contribution in [2.45, 2.75) is 6.54 Å². The molecule has 10 nitrogen and oxygen atoms in total. The van der Waals surface area contributed by atoms with Crippen LogP contribution in [0, 0.1) is 0 Å². The molecule has 0 atom stereocenters. The number of anilines is 3. The van der Waals surface area contributed by atoms with E-state index >= 15 is 0 Å². The van der Waals surface area contributed by atoms with Gasteiger partial charge >= 0.3 is 6.03 Å². The molecule has 0 unspecified atom stereocenters. The number of rotatable bonds is 9. The van der Waals surface area contributed by atoms with Gasteiger partial charge in [-0.05, 0) is 46.8 Å². The number of fused-ring (bicyclic) bond motifs is 1. The van der Waals surface area contributed by atoms with Crippen molar-refractivity contribution in [1.82, 2.24) is 15.2 Å². The zero-order valence-corrected chi connectivity index (χ0v) is 23.4. The number of nitrogen functional groups attached to an aromatic ring is 1. The van der Waals surface area contributed by atoms with E-state index in [0.717, 1.165) is 65.2 Å². The van der Waals surface area contributed by atoms with Gasteiger partial charge in [0.2, 0.25) is 5.91 Å². The van der Waals surface area contributed by atoms with Crippen LogP contribution in [-0.4, -0.2) is 61.2 Å². The number of carbonyl (C=O) groups excluding carboxylic acids is 2. The normalized spacial score (nSPS) is 13.9. The number of hydrogen-bond acceptors (Lipinski definition) is 8. The Kier molecular flexibility index (Phi) is 9.22. The van der Waals surface area contributed by atoms with Gasteiger partial charge in [0.15, 0.2) is 0 Å². The summed E-state index contributed by atoms with van der Waals surface area (Å²) in [5, 5.41) is 11.5. The lowest BCUT2D eigenvalue weighted by atomic mass is 10.0. The van der Waals surface area contributed by atoms with Gasteiger partial charge in [0.05, 0.1) is 13.2 Å². The van der Waals surface area contributed by atoms with Crippen LogP contribution < -0.4 is 27.4 Å². The lowest BCUT2D eigenvalue weighted by Gasteiger charge is -2.26. The molecule has 0 aliphatic carbocycles. The van der Waals surface area contributed by atoms with Crippen LogP contribution in [-0.2, 0) is 16.1 Å². The highest BCUT2D eigenvalue weighted by atomic mass is 32.1. The second-order valence-corrected chi connectivity index (χ2v) is 10.5. The number of nitrogens with one attached hydrogen (secondary N) is 3. The molecule has 1 fully saturated rings. The maximum Gasteiger partial charge on any atom is 0.323 e. The van der Waals surface area contributed by atoms with E-state index in [1.807, 2.05) is 53.9 Å². The van der Waals surface area contributed by atoms with Crippen LogP contribution >= 0.6 is 11.3 Å². The molecule has 1 saturated heterocycles. The van der Waals surface area contributed by atoms with E-state index in [0.29, 0.717) is 30.3 Å². The Morgan fingerprint density at radius 3 is 2.63 bits per heavy atom. The minimum absolute atomic E-state index is 0.153. The van der Waals surface area contributed by atoms with Crippen molar-refractivity contribution in [2.24, 2.45) is 5.73 Å². The van der Waals surface area contributed by atoms with Gasteiger partial charge in [-0.2, -0.15) is 0 Å². The number of nitrogens with zero attached hydrogens (tertiary/aromatic N) is 2. The highest BCUT2D eigenvalue weighted by molar-refractivity contribution is 7.18. The van der Waals surface area contributed by atoms with Crippen molar-refractivity contribution in [1.29, 1.82) is 0 Å². The van der Waals surface area contributed by atoms with E-state index in [1.54, 1.807) is 23.6 Å². The standard InChI is InChI=1S/C30H33N7O3S/c31-17-20-2-1-3-24(16-20)36-30(39)35-23-7-4-21(5-8-23)25-19-41-28-22(18-34-29(32)27(25)28)6-9-26(38)33-10-11-37-12-14-40-15-13-37/h1-9,16,18-19H,10-15,17,31H2,(H2,32,34)(H,33,38)(H2,35,36,39). The monoisotopic (exact) mass is 571 g/mol. The summed E-state index contributed by atoms with van der Waals surface area (Å²) in [5.41, 5.74) is 16.9. The summed E-state index contributed by atoms with van der Waals surface area (Å²) in [7, 11) is 0. The van der Waals surface area contributed by atoms with Gasteiger partial charge in [0.1, 0.15) is 5.82 Å². The van der Waals surface area contributed by atoms with Crippen molar-refractivity contribution >= 4 is 56.6 Å². The maximum absolute atomic E-state index is 12.5. The maximum atomic E-state index is 12.5. The van der Waals surface area contributed by atoms with Crippen molar-refractivity contribution in [2.75, 3.05) is 55.8 Å². The zero-order valence-electron chi connectivity index (χ0n) is 22.6. The molecule has 0 spiro atoms. The molecule has 11 heteroatoms. The number of thiophene rings is 1. The van der Waals surface area contributed by atoms with Gasteiger partial charge in [0.25, 0.3) is 0 Å². The van der Waals surface area contributed by atoms with E-state index in [4.69, 9.17) is 16.2 Å². The summed E-state index contributed by atoms with van der Waals surface area (Å²) in [6, 6.07) is 14.6. The zero-order chi connectivity index (χ0) is 28.6. The lowest BCUT2D eigenvalue weighted by Crippen LogP contribution is -2.41. The molecule has 4 aromatic rings. The van der Waals surface area contributed by atoms with E-state index < -0.39 is 0 Å². The molecule has 212 valence electrons. The fraction of sp³-hybridized carbons (Fsp3) is 0.233. The number of benzene rings is 2. The fourth-order valence-corrected chi connectivity index (χ4v) is 5.69. The number of pyridine rings is 1. The molecule has 1 aliphatic heterocycles. The van der Waals surface area contributed by atoms with Crippen LogP contribution in [0.1, 0.15) is 11.1 Å². The topological polar surface area (TPSA) is 148 Å². The van der Waals surface area contributed by atoms with Gasteiger partial charge in [0, 0.05) is 77.6 Å². The van der Waals surface area contributed by atoms with Crippen LogP contribution in [0.15, 0.2) is 66.2 Å². The van der Waals surface area contributed by atoms with Crippen molar-refractivity contribution < 1.29 is 14.3 Å². The molecule has 7 N–H and O–H groups in total. The Hall–Kier alpha value is -4.29. The smallest absolute Gasteiger partial charge is 0.323 e. The average molecular weight is 572 g/mol. The molecular weight excluding hydrogens is 538 g/mol. The molecule has 0 saturated carbocycles. The largest absolute Gasteiger partial charge is 0.383 e. The van der Waals surface area contributed by atoms with E-state index in [9.17, 15) is 9.59 Å². The van der Waals surface area contributed by atoms with Crippen LogP contribution in [0.3, 0.4) is 0 Å². The van der Waals surface area contributed by atoms with Crippen LogP contribution in [0.4, 0.5) is 22.0 Å². The second-order valence-electron chi connectivity index (χ2n) is 9.59. The van der Waals surface area contributed by atoms with E-state index in [2.05, 4.69) is 25.8 Å². The fourth-order valence-electron chi connectivity index (χ4n) is 4.61. The molecule has 3 amide bonds. The van der Waals surface area contributed by atoms with Crippen LogP contribution in [0.5, 0.6) is 0 Å². The first-order valence-corrected chi connectivity index (χ1v) is 14.3. The second kappa shape index (κ2) is 13.4. The van der Waals surface area contributed by atoms with Crippen molar-refractivity contribution in [3.8, 4) is 11.1 Å². The minimum Gasteiger partial charge on any atom is -0.383 e. The molecule has 41 heavy (non-hydrogen) atoms. The van der Waals surface area contributed by atoms with Crippen LogP contribution in [0.2, 0.25) is 0 Å². The first-order chi connectivity index (χ1) is 20.0.